The van der Waals surface area contributed by atoms with Gasteiger partial charge in [0.1, 0.15) is 11.6 Å². The maximum atomic E-state index is 13.0. The molecule has 1 saturated heterocycles. The quantitative estimate of drug-likeness (QED) is 0.544. The molecule has 1 aliphatic rings. The van der Waals surface area contributed by atoms with E-state index in [0.717, 1.165) is 53.3 Å². The zero-order chi connectivity index (χ0) is 18.2. The maximum Gasteiger partial charge on any atom is 0.214 e. The Bertz CT molecular complexity index is 1020. The standard InChI is InChI=1S/C18H16FN7S/c19-14-3-4-16(21-11-14)24-6-8-25(9-7-24)18-23-26-12-15(22-17(26)27-18)13-2-1-5-20-10-13/h1-5,10-12H,6-9H2. The fourth-order valence-electron chi connectivity index (χ4n) is 3.15. The van der Waals surface area contributed by atoms with Gasteiger partial charge < -0.3 is 9.80 Å². The SMILES string of the molecule is Fc1ccc(N2CCN(c3nn4cc(-c5cccnc5)nc4s3)CC2)nc1. The number of halogens is 1. The Kier molecular flexibility index (Phi) is 3.93. The molecular weight excluding hydrogens is 365 g/mol. The van der Waals surface area contributed by atoms with Gasteiger partial charge in [-0.3, -0.25) is 4.98 Å². The highest BCUT2D eigenvalue weighted by Crippen LogP contribution is 2.27. The Morgan fingerprint density at radius 3 is 2.56 bits per heavy atom. The summed E-state index contributed by atoms with van der Waals surface area (Å²) in [4.78, 5) is 18.3. The molecule has 136 valence electrons. The van der Waals surface area contributed by atoms with Crippen LogP contribution in [0.3, 0.4) is 0 Å². The first-order valence-corrected chi connectivity index (χ1v) is 9.46. The molecular formula is C18H16FN7S. The highest BCUT2D eigenvalue weighted by Gasteiger charge is 2.21. The van der Waals surface area contributed by atoms with Crippen LogP contribution in [0.1, 0.15) is 0 Å². The van der Waals surface area contributed by atoms with Gasteiger partial charge in [0, 0.05) is 44.1 Å². The van der Waals surface area contributed by atoms with E-state index >= 15 is 0 Å². The van der Waals surface area contributed by atoms with Crippen LogP contribution < -0.4 is 9.80 Å². The van der Waals surface area contributed by atoms with Gasteiger partial charge in [0.05, 0.1) is 18.1 Å². The third kappa shape index (κ3) is 3.10. The second-order valence-corrected chi connectivity index (χ2v) is 7.22. The van der Waals surface area contributed by atoms with E-state index in [4.69, 9.17) is 0 Å². The van der Waals surface area contributed by atoms with Crippen LogP contribution in [0.25, 0.3) is 16.2 Å². The summed E-state index contributed by atoms with van der Waals surface area (Å²) in [7, 11) is 0. The number of fused-ring (bicyclic) bond motifs is 1. The van der Waals surface area contributed by atoms with E-state index in [0.29, 0.717) is 0 Å². The Balaban J connectivity index is 1.30. The lowest BCUT2D eigenvalue weighted by atomic mass is 10.2. The van der Waals surface area contributed by atoms with Crippen molar-refractivity contribution in [3.8, 4) is 11.3 Å². The first-order valence-electron chi connectivity index (χ1n) is 8.64. The molecule has 0 radical (unpaired) electrons. The largest absolute Gasteiger partial charge is 0.353 e. The van der Waals surface area contributed by atoms with Crippen LogP contribution in [0.5, 0.6) is 0 Å². The third-order valence-corrected chi connectivity index (χ3v) is 5.56. The number of nitrogens with zero attached hydrogens (tertiary/aromatic N) is 7. The van der Waals surface area contributed by atoms with Gasteiger partial charge in [-0.25, -0.2) is 18.9 Å². The molecule has 0 unspecified atom stereocenters. The molecule has 0 bridgehead atoms. The van der Waals surface area contributed by atoms with Crippen molar-refractivity contribution in [2.24, 2.45) is 0 Å². The van der Waals surface area contributed by atoms with Crippen molar-refractivity contribution < 1.29 is 4.39 Å². The minimum atomic E-state index is -0.311. The van der Waals surface area contributed by atoms with Crippen molar-refractivity contribution in [1.82, 2.24) is 24.6 Å². The van der Waals surface area contributed by atoms with E-state index in [-0.39, 0.29) is 5.82 Å². The average Bonchev–Trinajstić information content (AvgIpc) is 3.29. The van der Waals surface area contributed by atoms with Gasteiger partial charge in [0.15, 0.2) is 0 Å². The van der Waals surface area contributed by atoms with Crippen LogP contribution in [0.15, 0.2) is 49.1 Å². The van der Waals surface area contributed by atoms with Crippen molar-refractivity contribution in [3.05, 3.63) is 54.9 Å². The van der Waals surface area contributed by atoms with Crippen molar-refractivity contribution >= 4 is 27.2 Å². The summed E-state index contributed by atoms with van der Waals surface area (Å²) in [5.41, 5.74) is 1.86. The smallest absolute Gasteiger partial charge is 0.214 e. The number of anilines is 2. The van der Waals surface area contributed by atoms with Crippen LogP contribution in [0.2, 0.25) is 0 Å². The number of piperazine rings is 1. The second kappa shape index (κ2) is 6.58. The Hall–Kier alpha value is -3.07. The molecule has 0 aromatic carbocycles. The lowest BCUT2D eigenvalue weighted by Gasteiger charge is -2.34. The molecule has 4 aromatic rings. The van der Waals surface area contributed by atoms with E-state index in [1.165, 1.54) is 12.3 Å². The number of pyridine rings is 2. The average molecular weight is 381 g/mol. The summed E-state index contributed by atoms with van der Waals surface area (Å²) in [6, 6.07) is 7.06. The number of aromatic nitrogens is 5. The molecule has 0 amide bonds. The van der Waals surface area contributed by atoms with Gasteiger partial charge in [-0.1, -0.05) is 11.3 Å². The van der Waals surface area contributed by atoms with Crippen LogP contribution in [-0.2, 0) is 0 Å². The maximum absolute atomic E-state index is 13.0. The van der Waals surface area contributed by atoms with Crippen molar-refractivity contribution in [1.29, 1.82) is 0 Å². The minimum absolute atomic E-state index is 0.311. The first kappa shape index (κ1) is 16.1. The summed E-state index contributed by atoms with van der Waals surface area (Å²) in [6.45, 7) is 3.32. The van der Waals surface area contributed by atoms with E-state index in [9.17, 15) is 4.39 Å². The van der Waals surface area contributed by atoms with E-state index in [1.807, 2.05) is 22.8 Å². The van der Waals surface area contributed by atoms with E-state index in [1.54, 1.807) is 29.8 Å². The topological polar surface area (TPSA) is 62.5 Å². The number of hydrogen-bond acceptors (Lipinski definition) is 7. The van der Waals surface area contributed by atoms with E-state index < -0.39 is 0 Å². The molecule has 1 aliphatic heterocycles. The Morgan fingerprint density at radius 1 is 1.00 bits per heavy atom. The molecule has 27 heavy (non-hydrogen) atoms. The summed E-state index contributed by atoms with van der Waals surface area (Å²) in [5, 5.41) is 5.65. The van der Waals surface area contributed by atoms with Gasteiger partial charge in [-0.05, 0) is 24.3 Å². The van der Waals surface area contributed by atoms with Crippen LogP contribution in [0, 0.1) is 5.82 Å². The first-order chi connectivity index (χ1) is 13.3. The predicted molar refractivity (Wildman–Crippen MR) is 103 cm³/mol. The third-order valence-electron chi connectivity index (χ3n) is 4.58. The van der Waals surface area contributed by atoms with Crippen molar-refractivity contribution in [2.45, 2.75) is 0 Å². The van der Waals surface area contributed by atoms with Gasteiger partial charge in [0.25, 0.3) is 0 Å². The monoisotopic (exact) mass is 381 g/mol. The normalized spacial score (nSPS) is 14.9. The number of rotatable bonds is 3. The Morgan fingerprint density at radius 2 is 1.85 bits per heavy atom. The lowest BCUT2D eigenvalue weighted by molar-refractivity contribution is 0.614. The van der Waals surface area contributed by atoms with Gasteiger partial charge in [-0.15, -0.1) is 5.10 Å². The fraction of sp³-hybridized carbons (Fsp3) is 0.222. The number of imidazole rings is 1. The summed E-state index contributed by atoms with van der Waals surface area (Å²) in [5.74, 6) is 0.500. The molecule has 7 nitrogen and oxygen atoms in total. The van der Waals surface area contributed by atoms with Crippen LogP contribution in [0.4, 0.5) is 15.3 Å². The Labute approximate surface area is 158 Å². The summed E-state index contributed by atoms with van der Waals surface area (Å²) >= 11 is 1.58. The predicted octanol–water partition coefficient (Wildman–Crippen LogP) is 2.71. The summed E-state index contributed by atoms with van der Waals surface area (Å²) in [6.07, 6.45) is 6.75. The van der Waals surface area contributed by atoms with E-state index in [2.05, 4.69) is 29.9 Å². The molecule has 0 N–H and O–H groups in total. The zero-order valence-corrected chi connectivity index (χ0v) is 15.2. The van der Waals surface area contributed by atoms with Gasteiger partial charge >= 0.3 is 0 Å². The molecule has 0 atom stereocenters. The second-order valence-electron chi connectivity index (χ2n) is 6.29. The molecule has 5 heterocycles. The van der Waals surface area contributed by atoms with Gasteiger partial charge in [0.2, 0.25) is 10.1 Å². The van der Waals surface area contributed by atoms with Gasteiger partial charge in [-0.2, -0.15) is 0 Å². The molecule has 0 spiro atoms. The van der Waals surface area contributed by atoms with Crippen LogP contribution in [-0.4, -0.2) is 50.7 Å². The molecule has 1 fully saturated rings. The molecule has 5 rings (SSSR count). The highest BCUT2D eigenvalue weighted by molar-refractivity contribution is 7.20. The molecule has 9 heteroatoms. The molecule has 4 aromatic heterocycles. The van der Waals surface area contributed by atoms with Crippen LogP contribution >= 0.6 is 11.3 Å². The highest BCUT2D eigenvalue weighted by atomic mass is 32.1. The fourth-order valence-corrected chi connectivity index (χ4v) is 4.09. The summed E-state index contributed by atoms with van der Waals surface area (Å²) < 4.78 is 14.9. The van der Waals surface area contributed by atoms with Crippen molar-refractivity contribution in [3.63, 3.8) is 0 Å². The minimum Gasteiger partial charge on any atom is -0.353 e. The number of hydrogen-bond donors (Lipinski definition) is 0. The zero-order valence-electron chi connectivity index (χ0n) is 14.4. The molecule has 0 aliphatic carbocycles. The van der Waals surface area contributed by atoms with Crippen molar-refractivity contribution in [2.75, 3.05) is 36.0 Å². The molecule has 0 saturated carbocycles. The lowest BCUT2D eigenvalue weighted by Crippen LogP contribution is -2.46.